The Morgan fingerprint density at radius 1 is 1.00 bits per heavy atom. The van der Waals surface area contributed by atoms with Crippen LogP contribution in [0.2, 0.25) is 0 Å². The second kappa shape index (κ2) is 8.77. The van der Waals surface area contributed by atoms with Crippen LogP contribution < -0.4 is 0 Å². The first-order valence-corrected chi connectivity index (χ1v) is 11.0. The standard InChI is InChI=1S/C26H29NO4/c1-18(17-27-24(29)21-10-3-4-11-22(21)25(27)30)23(28)20-9-7-8-19(16-20)12-15-26(31)13-5-2-6-14-26/h3-4,7-12,15-16,18,23,28,31H,2,5-6,13-14,17H2,1H3/b15-12+/t18-,23-/m1/s1. The smallest absolute Gasteiger partial charge is 0.261 e. The quantitative estimate of drug-likeness (QED) is 0.682. The number of nitrogens with zero attached hydrogens (tertiary/aromatic N) is 1. The van der Waals surface area contributed by atoms with Gasteiger partial charge in [0.1, 0.15) is 0 Å². The minimum atomic E-state index is -0.824. The lowest BCUT2D eigenvalue weighted by Crippen LogP contribution is -2.35. The molecule has 2 N–H and O–H groups in total. The van der Waals surface area contributed by atoms with Crippen LogP contribution in [0.3, 0.4) is 0 Å². The molecular formula is C26H29NO4. The predicted molar refractivity (Wildman–Crippen MR) is 119 cm³/mol. The number of hydrogen-bond acceptors (Lipinski definition) is 4. The number of rotatable bonds is 6. The third-order valence-electron chi connectivity index (χ3n) is 6.45. The molecule has 1 aliphatic carbocycles. The molecule has 2 amide bonds. The molecule has 0 saturated heterocycles. The maximum absolute atomic E-state index is 12.6. The SMILES string of the molecule is C[C@H](CN1C(=O)c2ccccc2C1=O)[C@@H](O)c1cccc(/C=C/C2(O)CCCCC2)c1. The zero-order valence-electron chi connectivity index (χ0n) is 17.8. The number of carbonyl (C=O) groups is 2. The molecule has 5 heteroatoms. The Labute approximate surface area is 183 Å². The van der Waals surface area contributed by atoms with E-state index in [1.54, 1.807) is 24.3 Å². The predicted octanol–water partition coefficient (Wildman–Crippen LogP) is 4.36. The fourth-order valence-electron chi connectivity index (χ4n) is 4.55. The van der Waals surface area contributed by atoms with E-state index in [-0.39, 0.29) is 24.3 Å². The molecule has 0 unspecified atom stereocenters. The molecular weight excluding hydrogens is 390 g/mol. The van der Waals surface area contributed by atoms with Crippen molar-refractivity contribution < 1.29 is 19.8 Å². The molecule has 0 bridgehead atoms. The molecule has 31 heavy (non-hydrogen) atoms. The number of hydrogen-bond donors (Lipinski definition) is 2. The summed E-state index contributed by atoms with van der Waals surface area (Å²) >= 11 is 0. The van der Waals surface area contributed by atoms with Gasteiger partial charge in [-0.1, -0.05) is 68.7 Å². The molecule has 0 aromatic heterocycles. The second-order valence-electron chi connectivity index (χ2n) is 8.86. The second-order valence-corrected chi connectivity index (χ2v) is 8.86. The summed E-state index contributed by atoms with van der Waals surface area (Å²) in [5, 5.41) is 21.6. The van der Waals surface area contributed by atoms with Crippen molar-refractivity contribution in [2.75, 3.05) is 6.54 Å². The maximum Gasteiger partial charge on any atom is 0.261 e. The molecule has 1 aliphatic heterocycles. The number of aliphatic hydroxyl groups excluding tert-OH is 1. The summed E-state index contributed by atoms with van der Waals surface area (Å²) in [6, 6.07) is 14.4. The number of aliphatic hydroxyl groups is 2. The van der Waals surface area contributed by atoms with Gasteiger partial charge in [0.15, 0.2) is 0 Å². The molecule has 5 nitrogen and oxygen atoms in total. The summed E-state index contributed by atoms with van der Waals surface area (Å²) in [4.78, 5) is 26.4. The van der Waals surface area contributed by atoms with Crippen molar-refractivity contribution in [2.24, 2.45) is 5.92 Å². The molecule has 2 atom stereocenters. The van der Waals surface area contributed by atoms with Crippen LogP contribution in [0.4, 0.5) is 0 Å². The number of fused-ring (bicyclic) bond motifs is 1. The van der Waals surface area contributed by atoms with Crippen molar-refractivity contribution in [2.45, 2.75) is 50.7 Å². The van der Waals surface area contributed by atoms with E-state index in [1.807, 2.05) is 43.3 Å². The average molecular weight is 420 g/mol. The van der Waals surface area contributed by atoms with Gasteiger partial charge in [0.05, 0.1) is 22.8 Å². The zero-order valence-corrected chi connectivity index (χ0v) is 17.8. The van der Waals surface area contributed by atoms with Gasteiger partial charge < -0.3 is 10.2 Å². The van der Waals surface area contributed by atoms with E-state index in [0.717, 1.165) is 36.8 Å². The summed E-state index contributed by atoms with van der Waals surface area (Å²) < 4.78 is 0. The van der Waals surface area contributed by atoms with E-state index >= 15 is 0 Å². The third-order valence-corrected chi connectivity index (χ3v) is 6.45. The van der Waals surface area contributed by atoms with E-state index in [2.05, 4.69) is 0 Å². The van der Waals surface area contributed by atoms with Gasteiger partial charge in [-0.05, 0) is 42.2 Å². The number of carbonyl (C=O) groups excluding carboxylic acids is 2. The van der Waals surface area contributed by atoms with Crippen LogP contribution >= 0.6 is 0 Å². The topological polar surface area (TPSA) is 77.8 Å². The first-order valence-electron chi connectivity index (χ1n) is 11.0. The van der Waals surface area contributed by atoms with E-state index in [0.29, 0.717) is 11.1 Å². The summed E-state index contributed by atoms with van der Waals surface area (Å²) in [6.45, 7) is 1.98. The van der Waals surface area contributed by atoms with Gasteiger partial charge in [-0.15, -0.1) is 0 Å². The number of amides is 2. The lowest BCUT2D eigenvalue weighted by atomic mass is 9.84. The van der Waals surface area contributed by atoms with E-state index in [1.165, 1.54) is 11.3 Å². The van der Waals surface area contributed by atoms with Crippen LogP contribution in [0.25, 0.3) is 6.08 Å². The van der Waals surface area contributed by atoms with Gasteiger partial charge in [-0.3, -0.25) is 14.5 Å². The van der Waals surface area contributed by atoms with Crippen molar-refractivity contribution in [1.82, 2.24) is 4.90 Å². The molecule has 4 rings (SSSR count). The van der Waals surface area contributed by atoms with Crippen molar-refractivity contribution in [1.29, 1.82) is 0 Å². The minimum absolute atomic E-state index is 0.146. The van der Waals surface area contributed by atoms with Crippen LogP contribution in [0.1, 0.15) is 77.0 Å². The lowest BCUT2D eigenvalue weighted by molar-refractivity contribution is 0.0518. The van der Waals surface area contributed by atoms with Gasteiger partial charge in [-0.2, -0.15) is 0 Å². The number of imide groups is 1. The van der Waals surface area contributed by atoms with Gasteiger partial charge in [-0.25, -0.2) is 0 Å². The Hall–Kier alpha value is -2.76. The minimum Gasteiger partial charge on any atom is -0.388 e. The Morgan fingerprint density at radius 2 is 1.65 bits per heavy atom. The molecule has 1 saturated carbocycles. The highest BCUT2D eigenvalue weighted by atomic mass is 16.3. The Kier molecular flexibility index (Phi) is 6.08. The monoisotopic (exact) mass is 419 g/mol. The largest absolute Gasteiger partial charge is 0.388 e. The fourth-order valence-corrected chi connectivity index (χ4v) is 4.55. The summed E-state index contributed by atoms with van der Waals surface area (Å²) in [6.07, 6.45) is 7.77. The summed E-state index contributed by atoms with van der Waals surface area (Å²) in [7, 11) is 0. The maximum atomic E-state index is 12.6. The van der Waals surface area contributed by atoms with Gasteiger partial charge in [0.2, 0.25) is 0 Å². The Bertz CT molecular complexity index is 971. The summed E-state index contributed by atoms with van der Waals surface area (Å²) in [5.41, 5.74) is 1.72. The third kappa shape index (κ3) is 4.48. The first kappa shape index (κ1) is 21.5. The average Bonchev–Trinajstić information content (AvgIpc) is 3.03. The van der Waals surface area contributed by atoms with E-state index < -0.39 is 11.7 Å². The van der Waals surface area contributed by atoms with E-state index in [9.17, 15) is 19.8 Å². The molecule has 162 valence electrons. The van der Waals surface area contributed by atoms with Crippen LogP contribution in [-0.2, 0) is 0 Å². The number of benzene rings is 2. The molecule has 2 aromatic rings. The van der Waals surface area contributed by atoms with Crippen molar-refractivity contribution in [3.8, 4) is 0 Å². The van der Waals surface area contributed by atoms with Crippen molar-refractivity contribution >= 4 is 17.9 Å². The molecule has 1 heterocycles. The first-order chi connectivity index (χ1) is 14.9. The Morgan fingerprint density at radius 3 is 2.29 bits per heavy atom. The Balaban J connectivity index is 1.45. The lowest BCUT2D eigenvalue weighted by Gasteiger charge is -2.28. The van der Waals surface area contributed by atoms with Gasteiger partial charge in [0, 0.05) is 12.5 Å². The normalized spacial score (nSPS) is 20.2. The van der Waals surface area contributed by atoms with Crippen LogP contribution in [0, 0.1) is 5.92 Å². The highest BCUT2D eigenvalue weighted by Gasteiger charge is 2.36. The van der Waals surface area contributed by atoms with Crippen LogP contribution in [0.15, 0.2) is 54.6 Å². The highest BCUT2D eigenvalue weighted by Crippen LogP contribution is 2.31. The van der Waals surface area contributed by atoms with Crippen molar-refractivity contribution in [3.63, 3.8) is 0 Å². The highest BCUT2D eigenvalue weighted by molar-refractivity contribution is 6.21. The summed E-state index contributed by atoms with van der Waals surface area (Å²) in [5.74, 6) is -0.946. The molecule has 1 fully saturated rings. The molecule has 0 spiro atoms. The van der Waals surface area contributed by atoms with Gasteiger partial charge >= 0.3 is 0 Å². The van der Waals surface area contributed by atoms with Gasteiger partial charge in [0.25, 0.3) is 11.8 Å². The van der Waals surface area contributed by atoms with Crippen LogP contribution in [0.5, 0.6) is 0 Å². The zero-order chi connectivity index (χ0) is 22.0. The van der Waals surface area contributed by atoms with E-state index in [4.69, 9.17) is 0 Å². The van der Waals surface area contributed by atoms with Crippen molar-refractivity contribution in [3.05, 3.63) is 76.9 Å². The molecule has 0 radical (unpaired) electrons. The fraction of sp³-hybridized carbons (Fsp3) is 0.385. The van der Waals surface area contributed by atoms with Crippen LogP contribution in [-0.4, -0.2) is 39.1 Å². The molecule has 2 aromatic carbocycles. The molecule has 2 aliphatic rings.